The van der Waals surface area contributed by atoms with Crippen LogP contribution in [0.2, 0.25) is 0 Å². The Morgan fingerprint density at radius 1 is 1.07 bits per heavy atom. The van der Waals surface area contributed by atoms with Crippen LogP contribution in [0.15, 0.2) is 18.2 Å². The summed E-state index contributed by atoms with van der Waals surface area (Å²) in [5, 5.41) is 40.6. The first kappa shape index (κ1) is 29.3. The van der Waals surface area contributed by atoms with Gasteiger partial charge in [-0.3, -0.25) is 19.4 Å². The van der Waals surface area contributed by atoms with Gasteiger partial charge in [0.1, 0.15) is 23.8 Å². The highest BCUT2D eigenvalue weighted by Gasteiger charge is 2.56. The summed E-state index contributed by atoms with van der Waals surface area (Å²) in [5.74, 6) is 0.558. The average Bonchev–Trinajstić information content (AvgIpc) is 3.46. The van der Waals surface area contributed by atoms with Crippen LogP contribution in [0.4, 0.5) is 0 Å². The molecule has 4 aliphatic heterocycles. The number of aliphatic hydroxyl groups excluding tert-OH is 1. The molecule has 6 atom stereocenters. The molecule has 2 amide bonds. The maximum absolute atomic E-state index is 13.2. The Labute approximate surface area is 251 Å². The Kier molecular flexibility index (Phi) is 7.30. The lowest BCUT2D eigenvalue weighted by Crippen LogP contribution is -2.69. The van der Waals surface area contributed by atoms with Crippen molar-refractivity contribution >= 4 is 11.8 Å². The fourth-order valence-electron chi connectivity index (χ4n) is 7.55. The van der Waals surface area contributed by atoms with Gasteiger partial charge in [-0.2, -0.15) is 0 Å². The molecular formula is C32H40N4O7. The van der Waals surface area contributed by atoms with Gasteiger partial charge in [-0.05, 0) is 77.3 Å². The largest absolute Gasteiger partial charge is 0.507 e. The van der Waals surface area contributed by atoms with Gasteiger partial charge >= 0.3 is 0 Å². The molecule has 11 nitrogen and oxygen atoms in total. The minimum atomic E-state index is -0.925. The Bertz CT molecular complexity index is 1540. The Balaban J connectivity index is 1.45. The molecule has 11 heteroatoms. The van der Waals surface area contributed by atoms with E-state index in [4.69, 9.17) is 9.47 Å². The number of allylic oxidation sites excluding steroid dienone is 1. The van der Waals surface area contributed by atoms with Crippen LogP contribution in [0.25, 0.3) is 0 Å². The van der Waals surface area contributed by atoms with E-state index in [2.05, 4.69) is 21.6 Å². The number of piperazine rings is 1. The summed E-state index contributed by atoms with van der Waals surface area (Å²) in [6.07, 6.45) is 2.95. The highest BCUT2D eigenvalue weighted by atomic mass is 16.7. The number of amides is 2. The molecule has 43 heavy (non-hydrogen) atoms. The maximum atomic E-state index is 13.2. The zero-order chi connectivity index (χ0) is 30.9. The van der Waals surface area contributed by atoms with Crippen LogP contribution in [0.3, 0.4) is 0 Å². The van der Waals surface area contributed by atoms with E-state index in [-0.39, 0.29) is 54.8 Å². The minimum absolute atomic E-state index is 0.000989. The number of phenolic OH excluding ortho intramolecular Hbond substituents is 2. The summed E-state index contributed by atoms with van der Waals surface area (Å²) in [6, 6.07) is -0.203. The van der Waals surface area contributed by atoms with Crippen LogP contribution in [-0.4, -0.2) is 81.7 Å². The second-order valence-corrected chi connectivity index (χ2v) is 12.2. The SMILES string of the molecule is C/C=C/C(=O)N[C@@H](C)C(=O)NC[C@H]1c2c(c(O)c(C)c3c2OCO3)CC2[C@@H]3c4c(cc(C)c(C)c4O)C[C@@H]([C@H](O)N21)N3C. The first-order valence-electron chi connectivity index (χ1n) is 14.8. The average molecular weight is 593 g/mol. The maximum Gasteiger partial charge on any atom is 0.244 e. The van der Waals surface area contributed by atoms with E-state index in [1.165, 1.54) is 6.08 Å². The van der Waals surface area contributed by atoms with Crippen molar-refractivity contribution < 1.29 is 34.4 Å². The number of hydrogen-bond acceptors (Lipinski definition) is 9. The van der Waals surface area contributed by atoms with E-state index in [1.54, 1.807) is 26.8 Å². The number of nitrogens with zero attached hydrogens (tertiary/aromatic N) is 2. The topological polar surface area (TPSA) is 144 Å². The number of likely N-dealkylation sites (N-methyl/N-ethyl adjacent to an activating group) is 1. The fraction of sp³-hybridized carbons (Fsp3) is 0.500. The fourth-order valence-corrected chi connectivity index (χ4v) is 7.55. The minimum Gasteiger partial charge on any atom is -0.507 e. The second-order valence-electron chi connectivity index (χ2n) is 12.2. The molecule has 4 heterocycles. The molecule has 0 aromatic heterocycles. The smallest absolute Gasteiger partial charge is 0.244 e. The number of rotatable bonds is 5. The van der Waals surface area contributed by atoms with Crippen molar-refractivity contribution in [2.75, 3.05) is 20.4 Å². The van der Waals surface area contributed by atoms with Crippen molar-refractivity contribution in [3.63, 3.8) is 0 Å². The van der Waals surface area contributed by atoms with Crippen molar-refractivity contribution in [1.82, 2.24) is 20.4 Å². The molecule has 2 aromatic rings. The lowest BCUT2D eigenvalue weighted by molar-refractivity contribution is -0.172. The molecule has 4 aliphatic rings. The molecule has 5 N–H and O–H groups in total. The van der Waals surface area contributed by atoms with E-state index >= 15 is 0 Å². The van der Waals surface area contributed by atoms with E-state index in [0.29, 0.717) is 41.0 Å². The van der Waals surface area contributed by atoms with E-state index in [0.717, 1.165) is 22.3 Å². The quantitative estimate of drug-likeness (QED) is 0.330. The van der Waals surface area contributed by atoms with Gasteiger partial charge in [0.05, 0.1) is 18.1 Å². The third kappa shape index (κ3) is 4.44. The first-order valence-corrected chi connectivity index (χ1v) is 14.8. The highest BCUT2D eigenvalue weighted by molar-refractivity contribution is 5.92. The van der Waals surface area contributed by atoms with Gasteiger partial charge in [0.2, 0.25) is 18.6 Å². The third-order valence-corrected chi connectivity index (χ3v) is 9.83. The summed E-state index contributed by atoms with van der Waals surface area (Å²) in [5.41, 5.74) is 5.58. The molecule has 230 valence electrons. The van der Waals surface area contributed by atoms with Gasteiger partial charge < -0.3 is 35.4 Å². The monoisotopic (exact) mass is 592 g/mol. The van der Waals surface area contributed by atoms with Crippen LogP contribution in [0.5, 0.6) is 23.0 Å². The van der Waals surface area contributed by atoms with Crippen LogP contribution in [0.1, 0.15) is 64.9 Å². The summed E-state index contributed by atoms with van der Waals surface area (Å²) in [6.45, 7) is 9.08. The van der Waals surface area contributed by atoms with Gasteiger partial charge in [-0.25, -0.2) is 0 Å². The number of aliphatic hydroxyl groups is 1. The number of phenols is 2. The van der Waals surface area contributed by atoms with Crippen molar-refractivity contribution in [2.45, 2.75) is 83.9 Å². The molecule has 1 saturated heterocycles. The second kappa shape index (κ2) is 10.7. The van der Waals surface area contributed by atoms with Crippen molar-refractivity contribution in [3.05, 3.63) is 57.2 Å². The van der Waals surface area contributed by atoms with E-state index < -0.39 is 18.3 Å². The molecular weight excluding hydrogens is 552 g/mol. The Hall–Kier alpha value is -3.80. The van der Waals surface area contributed by atoms with Crippen molar-refractivity contribution in [2.24, 2.45) is 0 Å². The Morgan fingerprint density at radius 2 is 1.79 bits per heavy atom. The molecule has 0 aliphatic carbocycles. The van der Waals surface area contributed by atoms with E-state index in [1.807, 2.05) is 25.8 Å². The molecule has 2 aromatic carbocycles. The predicted molar refractivity (Wildman–Crippen MR) is 158 cm³/mol. The Morgan fingerprint density at radius 3 is 2.51 bits per heavy atom. The normalized spacial score (nSPS) is 26.4. The van der Waals surface area contributed by atoms with Gasteiger partial charge in [0.15, 0.2) is 11.5 Å². The number of aromatic hydroxyl groups is 2. The standard InChI is InChI=1S/C32H40N4O7/c1-7-8-23(37)34-17(5)31(40)33-12-22-25-19(27(38)16(4)29-30(25)43-13-42-29)11-20-26-24-18(9-14(2)15(3)28(24)39)10-21(35(26)6)32(41)36(20)22/h7-9,17,20-22,26,32,38-39,41H,10-13H2,1-6H3,(H,33,40)(H,34,37)/b8-7+/t17-,20?,21-,22-,26+,32-/m0/s1. The zero-order valence-corrected chi connectivity index (χ0v) is 25.4. The lowest BCUT2D eigenvalue weighted by Gasteiger charge is -2.60. The van der Waals surface area contributed by atoms with Gasteiger partial charge in [0, 0.05) is 34.8 Å². The molecule has 1 unspecified atom stereocenters. The lowest BCUT2D eigenvalue weighted by atomic mass is 9.73. The molecule has 0 radical (unpaired) electrons. The summed E-state index contributed by atoms with van der Waals surface area (Å²) >= 11 is 0. The van der Waals surface area contributed by atoms with Crippen LogP contribution in [0, 0.1) is 20.8 Å². The molecule has 1 fully saturated rings. The molecule has 2 bridgehead atoms. The summed E-state index contributed by atoms with van der Waals surface area (Å²) in [7, 11) is 1.97. The van der Waals surface area contributed by atoms with Crippen molar-refractivity contribution in [1.29, 1.82) is 0 Å². The molecule has 0 saturated carbocycles. The number of carbonyl (C=O) groups excluding carboxylic acids is 2. The van der Waals surface area contributed by atoms with Crippen LogP contribution >= 0.6 is 0 Å². The number of fused-ring (bicyclic) bond motifs is 9. The number of carbonyl (C=O) groups is 2. The van der Waals surface area contributed by atoms with Crippen molar-refractivity contribution in [3.8, 4) is 23.0 Å². The van der Waals surface area contributed by atoms with Gasteiger partial charge in [-0.15, -0.1) is 0 Å². The molecule has 0 spiro atoms. The van der Waals surface area contributed by atoms with Crippen LogP contribution < -0.4 is 20.1 Å². The third-order valence-electron chi connectivity index (χ3n) is 9.83. The number of ether oxygens (including phenoxy) is 2. The first-order chi connectivity index (χ1) is 20.5. The number of hydrogen-bond donors (Lipinski definition) is 5. The predicted octanol–water partition coefficient (Wildman–Crippen LogP) is 2.15. The highest BCUT2D eigenvalue weighted by Crippen LogP contribution is 2.57. The van der Waals surface area contributed by atoms with Crippen LogP contribution in [-0.2, 0) is 22.4 Å². The number of aryl methyl sites for hydroxylation is 1. The summed E-state index contributed by atoms with van der Waals surface area (Å²) < 4.78 is 11.7. The van der Waals surface area contributed by atoms with Gasteiger partial charge in [0.25, 0.3) is 0 Å². The van der Waals surface area contributed by atoms with E-state index in [9.17, 15) is 24.9 Å². The number of benzene rings is 2. The van der Waals surface area contributed by atoms with Gasteiger partial charge in [-0.1, -0.05) is 12.1 Å². The zero-order valence-electron chi connectivity index (χ0n) is 25.4. The number of nitrogens with one attached hydrogen (secondary N) is 2. The summed E-state index contributed by atoms with van der Waals surface area (Å²) in [4.78, 5) is 29.4. The molecule has 6 rings (SSSR count).